The summed E-state index contributed by atoms with van der Waals surface area (Å²) in [4.78, 5) is 0. The number of nitrogens with two attached hydrogens (primary N) is 1. The largest absolute Gasteiger partial charge is 0.494 e. The molecule has 1 rings (SSSR count). The van der Waals surface area contributed by atoms with Crippen molar-refractivity contribution in [2.24, 2.45) is 11.7 Å². The van der Waals surface area contributed by atoms with Gasteiger partial charge in [0.2, 0.25) is 0 Å². The van der Waals surface area contributed by atoms with Gasteiger partial charge in [-0.05, 0) is 37.0 Å². The first kappa shape index (κ1) is 13.8. The molecule has 96 valence electrons. The fourth-order valence-electron chi connectivity index (χ4n) is 2.03. The van der Waals surface area contributed by atoms with E-state index in [9.17, 15) is 0 Å². The van der Waals surface area contributed by atoms with Crippen molar-refractivity contribution in [2.45, 2.75) is 33.7 Å². The summed E-state index contributed by atoms with van der Waals surface area (Å²) in [5.41, 5.74) is 9.20. The lowest BCUT2D eigenvalue weighted by atomic mass is 10.0. The van der Waals surface area contributed by atoms with E-state index in [-0.39, 0.29) is 6.04 Å². The lowest BCUT2D eigenvalue weighted by Gasteiger charge is -2.24. The Morgan fingerprint density at radius 3 is 2.41 bits per heavy atom. The monoisotopic (exact) mass is 236 g/mol. The second-order valence-electron chi connectivity index (χ2n) is 4.89. The van der Waals surface area contributed by atoms with Crippen LogP contribution < -0.4 is 15.8 Å². The molecule has 17 heavy (non-hydrogen) atoms. The Morgan fingerprint density at radius 2 is 1.94 bits per heavy atom. The van der Waals surface area contributed by atoms with Crippen LogP contribution in [0.15, 0.2) is 12.1 Å². The lowest BCUT2D eigenvalue weighted by Crippen LogP contribution is -2.33. The number of ether oxygens (including phenoxy) is 1. The van der Waals surface area contributed by atoms with Crippen molar-refractivity contribution in [3.8, 4) is 5.75 Å². The Bertz CT molecular complexity index is 375. The first-order chi connectivity index (χ1) is 7.99. The predicted molar refractivity (Wildman–Crippen MR) is 73.8 cm³/mol. The van der Waals surface area contributed by atoms with Crippen LogP contribution in [0, 0.1) is 19.8 Å². The van der Waals surface area contributed by atoms with E-state index < -0.39 is 0 Å². The van der Waals surface area contributed by atoms with Crippen LogP contribution in [0.1, 0.15) is 25.0 Å². The molecule has 1 aromatic rings. The Morgan fingerprint density at radius 1 is 1.29 bits per heavy atom. The fourth-order valence-corrected chi connectivity index (χ4v) is 2.03. The number of methoxy groups -OCH3 is 1. The van der Waals surface area contributed by atoms with E-state index in [2.05, 4.69) is 45.1 Å². The summed E-state index contributed by atoms with van der Waals surface area (Å²) in [6, 6.07) is 4.50. The Kier molecular flexibility index (Phi) is 4.82. The molecule has 0 heterocycles. The SMILES string of the molecule is COc1c(C)cc(C)cc1NC(CN)C(C)C. The molecule has 0 saturated heterocycles. The molecule has 0 aromatic heterocycles. The summed E-state index contributed by atoms with van der Waals surface area (Å²) >= 11 is 0. The van der Waals surface area contributed by atoms with Crippen molar-refractivity contribution >= 4 is 5.69 Å². The van der Waals surface area contributed by atoms with Crippen LogP contribution in [0.5, 0.6) is 5.75 Å². The molecular formula is C14H24N2O. The van der Waals surface area contributed by atoms with Crippen molar-refractivity contribution in [3.05, 3.63) is 23.3 Å². The molecule has 3 heteroatoms. The van der Waals surface area contributed by atoms with E-state index in [0.717, 1.165) is 17.0 Å². The molecule has 0 saturated carbocycles. The minimum absolute atomic E-state index is 0.269. The summed E-state index contributed by atoms with van der Waals surface area (Å²) in [6.45, 7) is 9.10. The zero-order valence-electron chi connectivity index (χ0n) is 11.5. The van der Waals surface area contributed by atoms with Crippen LogP contribution >= 0.6 is 0 Å². The van der Waals surface area contributed by atoms with Gasteiger partial charge in [0.15, 0.2) is 0 Å². The second kappa shape index (κ2) is 5.92. The predicted octanol–water partition coefficient (Wildman–Crippen LogP) is 2.71. The van der Waals surface area contributed by atoms with Gasteiger partial charge in [-0.15, -0.1) is 0 Å². The van der Waals surface area contributed by atoms with Gasteiger partial charge in [-0.1, -0.05) is 19.9 Å². The van der Waals surface area contributed by atoms with E-state index in [1.165, 1.54) is 5.56 Å². The number of hydrogen-bond donors (Lipinski definition) is 2. The van der Waals surface area contributed by atoms with Crippen LogP contribution in [0.3, 0.4) is 0 Å². The first-order valence-electron chi connectivity index (χ1n) is 6.11. The zero-order chi connectivity index (χ0) is 13.0. The minimum Gasteiger partial charge on any atom is -0.494 e. The van der Waals surface area contributed by atoms with Crippen LogP contribution in [0.4, 0.5) is 5.69 Å². The molecule has 0 aliphatic rings. The molecule has 0 spiro atoms. The maximum absolute atomic E-state index is 5.79. The minimum atomic E-state index is 0.269. The number of rotatable bonds is 5. The number of benzene rings is 1. The van der Waals surface area contributed by atoms with E-state index in [1.807, 2.05) is 0 Å². The highest BCUT2D eigenvalue weighted by Gasteiger charge is 2.14. The highest BCUT2D eigenvalue weighted by Crippen LogP contribution is 2.30. The smallest absolute Gasteiger partial charge is 0.144 e. The van der Waals surface area contributed by atoms with Gasteiger partial charge >= 0.3 is 0 Å². The van der Waals surface area contributed by atoms with Crippen molar-refractivity contribution in [1.29, 1.82) is 0 Å². The average Bonchev–Trinajstić information content (AvgIpc) is 2.24. The van der Waals surface area contributed by atoms with Gasteiger partial charge in [0, 0.05) is 12.6 Å². The van der Waals surface area contributed by atoms with Crippen molar-refractivity contribution < 1.29 is 4.74 Å². The summed E-state index contributed by atoms with van der Waals surface area (Å²) in [5.74, 6) is 1.40. The molecule has 0 bridgehead atoms. The van der Waals surface area contributed by atoms with E-state index >= 15 is 0 Å². The molecule has 1 atom stereocenters. The number of anilines is 1. The third-order valence-corrected chi connectivity index (χ3v) is 3.02. The third-order valence-electron chi connectivity index (χ3n) is 3.02. The van der Waals surface area contributed by atoms with Gasteiger partial charge in [-0.2, -0.15) is 0 Å². The highest BCUT2D eigenvalue weighted by molar-refractivity contribution is 5.62. The van der Waals surface area contributed by atoms with Gasteiger partial charge in [0.25, 0.3) is 0 Å². The summed E-state index contributed by atoms with van der Waals surface area (Å²) in [7, 11) is 1.70. The molecular weight excluding hydrogens is 212 g/mol. The zero-order valence-corrected chi connectivity index (χ0v) is 11.5. The molecule has 3 nitrogen and oxygen atoms in total. The molecule has 0 amide bonds. The first-order valence-corrected chi connectivity index (χ1v) is 6.11. The van der Waals surface area contributed by atoms with Gasteiger partial charge in [-0.25, -0.2) is 0 Å². The lowest BCUT2D eigenvalue weighted by molar-refractivity contribution is 0.411. The summed E-state index contributed by atoms with van der Waals surface area (Å²) in [5, 5.41) is 3.48. The third kappa shape index (κ3) is 3.37. The highest BCUT2D eigenvalue weighted by atomic mass is 16.5. The fraction of sp³-hybridized carbons (Fsp3) is 0.571. The maximum Gasteiger partial charge on any atom is 0.144 e. The molecule has 1 unspecified atom stereocenters. The number of nitrogens with one attached hydrogen (secondary N) is 1. The van der Waals surface area contributed by atoms with Gasteiger partial charge in [0.05, 0.1) is 12.8 Å². The molecule has 3 N–H and O–H groups in total. The van der Waals surface area contributed by atoms with Crippen molar-refractivity contribution in [3.63, 3.8) is 0 Å². The molecule has 1 aromatic carbocycles. The van der Waals surface area contributed by atoms with Gasteiger partial charge < -0.3 is 15.8 Å². The average molecular weight is 236 g/mol. The van der Waals surface area contributed by atoms with Crippen LogP contribution in [0.2, 0.25) is 0 Å². The van der Waals surface area contributed by atoms with Gasteiger partial charge in [-0.3, -0.25) is 0 Å². The summed E-state index contributed by atoms with van der Waals surface area (Å²) in [6.07, 6.45) is 0. The normalized spacial score (nSPS) is 12.6. The second-order valence-corrected chi connectivity index (χ2v) is 4.89. The number of aryl methyl sites for hydroxylation is 2. The standard InChI is InChI=1S/C14H24N2O/c1-9(2)13(8-15)16-12-7-10(3)6-11(4)14(12)17-5/h6-7,9,13,16H,8,15H2,1-5H3. The van der Waals surface area contributed by atoms with Crippen LogP contribution in [0.25, 0.3) is 0 Å². The topological polar surface area (TPSA) is 47.3 Å². The Labute approximate surface area is 104 Å². The van der Waals surface area contributed by atoms with Crippen molar-refractivity contribution in [2.75, 3.05) is 19.0 Å². The van der Waals surface area contributed by atoms with E-state index in [4.69, 9.17) is 10.5 Å². The van der Waals surface area contributed by atoms with Gasteiger partial charge in [0.1, 0.15) is 5.75 Å². The quantitative estimate of drug-likeness (QED) is 0.826. The maximum atomic E-state index is 5.79. The van der Waals surface area contributed by atoms with Crippen LogP contribution in [-0.2, 0) is 0 Å². The molecule has 0 aliphatic carbocycles. The Balaban J connectivity index is 3.04. The van der Waals surface area contributed by atoms with Crippen molar-refractivity contribution in [1.82, 2.24) is 0 Å². The molecule has 0 aliphatic heterocycles. The summed E-state index contributed by atoms with van der Waals surface area (Å²) < 4.78 is 5.45. The van der Waals surface area contributed by atoms with E-state index in [0.29, 0.717) is 12.5 Å². The number of hydrogen-bond acceptors (Lipinski definition) is 3. The Hall–Kier alpha value is -1.22. The van der Waals surface area contributed by atoms with Crippen LogP contribution in [-0.4, -0.2) is 19.7 Å². The molecule has 0 fully saturated rings. The molecule has 0 radical (unpaired) electrons. The van der Waals surface area contributed by atoms with E-state index in [1.54, 1.807) is 7.11 Å².